The Balaban J connectivity index is 0.000000442. The Kier molecular flexibility index (Phi) is 7.08. The van der Waals surface area contributed by atoms with Crippen molar-refractivity contribution in [3.8, 4) is 5.75 Å². The number of fused-ring (bicyclic) bond motifs is 1. The molecule has 0 aliphatic carbocycles. The molecule has 1 N–H and O–H groups in total. The summed E-state index contributed by atoms with van der Waals surface area (Å²) in [6.07, 6.45) is 0. The monoisotopic (exact) mass is 204 g/mol. The Hall–Kier alpha value is -1.50. The fraction of sp³-hybridized carbons (Fsp3) is 0.286. The van der Waals surface area contributed by atoms with E-state index >= 15 is 0 Å². The Morgan fingerprint density at radius 3 is 1.87 bits per heavy atom. The molecule has 15 heavy (non-hydrogen) atoms. The Morgan fingerprint density at radius 2 is 1.27 bits per heavy atom. The van der Waals surface area contributed by atoms with Gasteiger partial charge in [0.15, 0.2) is 0 Å². The first kappa shape index (κ1) is 13.5. The Bertz CT molecular complexity index is 380. The summed E-state index contributed by atoms with van der Waals surface area (Å²) >= 11 is 0. The zero-order valence-corrected chi connectivity index (χ0v) is 9.99. The van der Waals surface area contributed by atoms with Crippen LogP contribution in [0.1, 0.15) is 27.7 Å². The molecule has 0 bridgehead atoms. The van der Waals surface area contributed by atoms with Crippen LogP contribution in [0.2, 0.25) is 0 Å². The standard InChI is InChI=1S/C10H8O.2C2H6/c11-10-6-5-8-3-1-2-4-9(8)7-10;2*1-2/h1-7,11H;2*1-2H3. The minimum Gasteiger partial charge on any atom is -0.508 e. The second-order valence-electron chi connectivity index (χ2n) is 2.53. The SMILES string of the molecule is CC.CC.Oc1ccc2ccccc2c1. The highest BCUT2D eigenvalue weighted by Gasteiger charge is 1.91. The number of phenols is 1. The van der Waals surface area contributed by atoms with E-state index in [4.69, 9.17) is 5.11 Å². The van der Waals surface area contributed by atoms with Crippen molar-refractivity contribution in [2.45, 2.75) is 27.7 Å². The smallest absolute Gasteiger partial charge is 0.116 e. The highest BCUT2D eigenvalue weighted by atomic mass is 16.3. The number of aromatic hydroxyl groups is 1. The molecule has 0 radical (unpaired) electrons. The molecule has 2 aromatic carbocycles. The van der Waals surface area contributed by atoms with Crippen molar-refractivity contribution in [1.82, 2.24) is 0 Å². The predicted octanol–water partition coefficient (Wildman–Crippen LogP) is 4.60. The van der Waals surface area contributed by atoms with Crippen molar-refractivity contribution in [3.05, 3.63) is 42.5 Å². The quantitative estimate of drug-likeness (QED) is 0.665. The summed E-state index contributed by atoms with van der Waals surface area (Å²) in [5.41, 5.74) is 0. The summed E-state index contributed by atoms with van der Waals surface area (Å²) in [6, 6.07) is 13.3. The lowest BCUT2D eigenvalue weighted by molar-refractivity contribution is 0.476. The fourth-order valence-electron chi connectivity index (χ4n) is 1.18. The number of phenolic OH excluding ortho intramolecular Hbond substituents is 1. The van der Waals surface area contributed by atoms with Crippen molar-refractivity contribution in [2.75, 3.05) is 0 Å². The molecule has 0 spiro atoms. The molecular weight excluding hydrogens is 184 g/mol. The van der Waals surface area contributed by atoms with Gasteiger partial charge in [-0.15, -0.1) is 0 Å². The minimum atomic E-state index is 0.323. The molecule has 0 amide bonds. The van der Waals surface area contributed by atoms with E-state index in [1.807, 2.05) is 58.0 Å². The van der Waals surface area contributed by atoms with E-state index < -0.39 is 0 Å². The van der Waals surface area contributed by atoms with Gasteiger partial charge in [0.2, 0.25) is 0 Å². The van der Waals surface area contributed by atoms with Gasteiger partial charge in [0.25, 0.3) is 0 Å². The Labute approximate surface area is 92.4 Å². The first-order valence-electron chi connectivity index (χ1n) is 5.54. The van der Waals surface area contributed by atoms with E-state index in [-0.39, 0.29) is 0 Å². The predicted molar refractivity (Wildman–Crippen MR) is 68.3 cm³/mol. The second kappa shape index (κ2) is 7.86. The molecule has 0 saturated heterocycles. The van der Waals surface area contributed by atoms with Crippen molar-refractivity contribution in [3.63, 3.8) is 0 Å². The van der Waals surface area contributed by atoms with Gasteiger partial charge in [-0.2, -0.15) is 0 Å². The molecule has 0 unspecified atom stereocenters. The van der Waals surface area contributed by atoms with Crippen LogP contribution in [-0.2, 0) is 0 Å². The largest absolute Gasteiger partial charge is 0.508 e. The number of rotatable bonds is 0. The Morgan fingerprint density at radius 1 is 0.733 bits per heavy atom. The molecule has 0 aliphatic heterocycles. The van der Waals surface area contributed by atoms with E-state index in [0.29, 0.717) is 5.75 Å². The normalized spacial score (nSPS) is 8.27. The lowest BCUT2D eigenvalue weighted by Crippen LogP contribution is -1.69. The van der Waals surface area contributed by atoms with Crippen LogP contribution in [0.3, 0.4) is 0 Å². The average Bonchev–Trinajstić information content (AvgIpc) is 2.34. The summed E-state index contributed by atoms with van der Waals surface area (Å²) in [5, 5.41) is 11.4. The van der Waals surface area contributed by atoms with Gasteiger partial charge in [0, 0.05) is 0 Å². The topological polar surface area (TPSA) is 20.2 Å². The molecule has 0 saturated carbocycles. The van der Waals surface area contributed by atoms with Crippen molar-refractivity contribution >= 4 is 10.8 Å². The zero-order valence-electron chi connectivity index (χ0n) is 9.99. The maximum atomic E-state index is 9.13. The van der Waals surface area contributed by atoms with Crippen LogP contribution in [0.4, 0.5) is 0 Å². The zero-order chi connectivity index (χ0) is 11.7. The van der Waals surface area contributed by atoms with E-state index in [9.17, 15) is 0 Å². The minimum absolute atomic E-state index is 0.323. The highest BCUT2D eigenvalue weighted by Crippen LogP contribution is 2.18. The van der Waals surface area contributed by atoms with Gasteiger partial charge >= 0.3 is 0 Å². The maximum absolute atomic E-state index is 9.13. The summed E-state index contributed by atoms with van der Waals surface area (Å²) < 4.78 is 0. The number of hydrogen-bond acceptors (Lipinski definition) is 1. The van der Waals surface area contributed by atoms with Crippen LogP contribution < -0.4 is 0 Å². The summed E-state index contributed by atoms with van der Waals surface area (Å²) in [7, 11) is 0. The summed E-state index contributed by atoms with van der Waals surface area (Å²) in [4.78, 5) is 0. The van der Waals surface area contributed by atoms with E-state index in [1.54, 1.807) is 12.1 Å². The van der Waals surface area contributed by atoms with Gasteiger partial charge in [0.05, 0.1) is 0 Å². The van der Waals surface area contributed by atoms with E-state index in [2.05, 4.69) is 0 Å². The van der Waals surface area contributed by atoms with Crippen molar-refractivity contribution in [1.29, 1.82) is 0 Å². The van der Waals surface area contributed by atoms with Crippen molar-refractivity contribution in [2.24, 2.45) is 0 Å². The first-order valence-corrected chi connectivity index (χ1v) is 5.54. The molecule has 0 aromatic heterocycles. The lowest BCUT2D eigenvalue weighted by atomic mass is 10.1. The van der Waals surface area contributed by atoms with Gasteiger partial charge in [-0.05, 0) is 22.9 Å². The van der Waals surface area contributed by atoms with Gasteiger partial charge in [0.1, 0.15) is 5.75 Å². The molecule has 2 rings (SSSR count). The maximum Gasteiger partial charge on any atom is 0.116 e. The first-order chi connectivity index (χ1) is 7.36. The van der Waals surface area contributed by atoms with E-state index in [0.717, 1.165) is 10.8 Å². The third-order valence-corrected chi connectivity index (χ3v) is 1.73. The summed E-state index contributed by atoms with van der Waals surface area (Å²) in [5.74, 6) is 0.323. The molecule has 0 fully saturated rings. The van der Waals surface area contributed by atoms with Crippen LogP contribution in [-0.4, -0.2) is 5.11 Å². The second-order valence-corrected chi connectivity index (χ2v) is 2.53. The fourth-order valence-corrected chi connectivity index (χ4v) is 1.18. The van der Waals surface area contributed by atoms with Crippen LogP contribution in [0, 0.1) is 0 Å². The van der Waals surface area contributed by atoms with Crippen LogP contribution in [0.25, 0.3) is 10.8 Å². The summed E-state index contributed by atoms with van der Waals surface area (Å²) in [6.45, 7) is 8.00. The molecule has 2 aromatic rings. The molecule has 82 valence electrons. The number of benzene rings is 2. The molecule has 0 atom stereocenters. The third-order valence-electron chi connectivity index (χ3n) is 1.73. The molecular formula is C14H20O. The van der Waals surface area contributed by atoms with Crippen LogP contribution >= 0.6 is 0 Å². The average molecular weight is 204 g/mol. The van der Waals surface area contributed by atoms with Gasteiger partial charge in [-0.1, -0.05) is 58.0 Å². The lowest BCUT2D eigenvalue weighted by Gasteiger charge is -1.96. The van der Waals surface area contributed by atoms with Gasteiger partial charge < -0.3 is 5.11 Å². The van der Waals surface area contributed by atoms with Crippen LogP contribution in [0.15, 0.2) is 42.5 Å². The molecule has 1 nitrogen and oxygen atoms in total. The molecule has 1 heteroatoms. The van der Waals surface area contributed by atoms with Crippen LogP contribution in [0.5, 0.6) is 5.75 Å². The molecule has 0 aliphatic rings. The van der Waals surface area contributed by atoms with E-state index in [1.165, 1.54) is 0 Å². The van der Waals surface area contributed by atoms with Gasteiger partial charge in [-0.25, -0.2) is 0 Å². The highest BCUT2D eigenvalue weighted by molar-refractivity contribution is 5.83. The van der Waals surface area contributed by atoms with Crippen molar-refractivity contribution < 1.29 is 5.11 Å². The number of hydrogen-bond donors (Lipinski definition) is 1. The van der Waals surface area contributed by atoms with Gasteiger partial charge in [-0.3, -0.25) is 0 Å². The third kappa shape index (κ3) is 4.03. The molecule has 0 heterocycles.